The average Bonchev–Trinajstić information content (AvgIpc) is 2.66. The van der Waals surface area contributed by atoms with E-state index < -0.39 is 19.7 Å². The first-order chi connectivity index (χ1) is 13.0. The lowest BCUT2D eigenvalue weighted by molar-refractivity contribution is 0.594. The second-order valence-electron chi connectivity index (χ2n) is 6.89. The number of aryl methyl sites for hydroxylation is 4. The zero-order valence-corrected chi connectivity index (χ0v) is 17.8. The molecule has 0 aliphatic rings. The van der Waals surface area contributed by atoms with Crippen LogP contribution in [0.25, 0.3) is 0 Å². The fourth-order valence-corrected chi connectivity index (χ4v) is 5.56. The summed E-state index contributed by atoms with van der Waals surface area (Å²) in [6, 6.07) is 16.3. The van der Waals surface area contributed by atoms with Gasteiger partial charge in [-0.15, -0.1) is 0 Å². The van der Waals surface area contributed by atoms with E-state index in [-0.39, 0.29) is 19.6 Å². The van der Waals surface area contributed by atoms with Crippen LogP contribution in [-0.4, -0.2) is 16.8 Å². The van der Waals surface area contributed by atoms with Gasteiger partial charge in [-0.2, -0.15) is 0 Å². The van der Waals surface area contributed by atoms with E-state index in [1.54, 1.807) is 24.3 Å². The maximum atomic E-state index is 13.0. The summed E-state index contributed by atoms with van der Waals surface area (Å²) in [7, 11) is -7.72. The minimum Gasteiger partial charge on any atom is -0.219 e. The van der Waals surface area contributed by atoms with E-state index in [1.807, 2.05) is 27.7 Å². The van der Waals surface area contributed by atoms with Crippen molar-refractivity contribution in [2.45, 2.75) is 47.3 Å². The minimum atomic E-state index is -3.88. The van der Waals surface area contributed by atoms with E-state index in [0.29, 0.717) is 0 Å². The van der Waals surface area contributed by atoms with Gasteiger partial charge in [-0.1, -0.05) is 18.2 Å². The van der Waals surface area contributed by atoms with Gasteiger partial charge in [0.25, 0.3) is 0 Å². The summed E-state index contributed by atoms with van der Waals surface area (Å²) in [5.41, 5.74) is 3.67. The Morgan fingerprint density at radius 2 is 1.04 bits per heavy atom. The van der Waals surface area contributed by atoms with Gasteiger partial charge in [0.2, 0.25) is 19.7 Å². The number of rotatable bonds is 4. The molecule has 0 saturated carbocycles. The van der Waals surface area contributed by atoms with Crippen molar-refractivity contribution < 1.29 is 16.8 Å². The molecule has 1 radical (unpaired) electrons. The SMILES string of the molecule is Cc1ccc(S(=O)(=O)c2[c]ccc(S(=O)(=O)c3ccc(C)c(C)c3)c2)cc1C. The second-order valence-corrected chi connectivity index (χ2v) is 10.8. The number of hydrogen-bond donors (Lipinski definition) is 0. The van der Waals surface area contributed by atoms with Crippen LogP contribution in [0.5, 0.6) is 0 Å². The van der Waals surface area contributed by atoms with Crippen molar-refractivity contribution in [2.24, 2.45) is 0 Å². The molecular weight excluding hydrogens is 392 g/mol. The van der Waals surface area contributed by atoms with E-state index in [9.17, 15) is 16.8 Å². The van der Waals surface area contributed by atoms with Crippen molar-refractivity contribution in [3.05, 3.63) is 82.9 Å². The third-order valence-electron chi connectivity index (χ3n) is 4.92. The zero-order valence-electron chi connectivity index (χ0n) is 16.1. The van der Waals surface area contributed by atoms with Crippen molar-refractivity contribution in [2.75, 3.05) is 0 Å². The average molecular weight is 414 g/mol. The highest BCUT2D eigenvalue weighted by Gasteiger charge is 2.23. The number of sulfone groups is 2. The van der Waals surface area contributed by atoms with Crippen LogP contribution in [0.1, 0.15) is 22.3 Å². The molecule has 3 aromatic rings. The van der Waals surface area contributed by atoms with Gasteiger partial charge < -0.3 is 0 Å². The van der Waals surface area contributed by atoms with E-state index in [0.717, 1.165) is 22.3 Å². The Labute approximate surface area is 166 Å². The molecule has 28 heavy (non-hydrogen) atoms. The van der Waals surface area contributed by atoms with Gasteiger partial charge in [0, 0.05) is 6.07 Å². The normalized spacial score (nSPS) is 12.1. The fourth-order valence-electron chi connectivity index (χ4n) is 2.77. The molecule has 145 valence electrons. The molecule has 0 aromatic heterocycles. The summed E-state index contributed by atoms with van der Waals surface area (Å²) in [4.78, 5) is 0.0153. The van der Waals surface area contributed by atoms with Crippen molar-refractivity contribution in [1.29, 1.82) is 0 Å². The molecule has 3 rings (SSSR count). The van der Waals surface area contributed by atoms with Crippen LogP contribution in [-0.2, 0) is 19.7 Å². The Morgan fingerprint density at radius 1 is 0.571 bits per heavy atom. The highest BCUT2D eigenvalue weighted by Crippen LogP contribution is 2.28. The molecule has 0 heterocycles. The summed E-state index contributed by atoms with van der Waals surface area (Å²) in [5, 5.41) is 0. The highest BCUT2D eigenvalue weighted by atomic mass is 32.2. The minimum absolute atomic E-state index is 0.0723. The number of hydrogen-bond acceptors (Lipinski definition) is 4. The molecule has 0 aliphatic carbocycles. The number of benzene rings is 3. The van der Waals surface area contributed by atoms with Crippen molar-refractivity contribution >= 4 is 19.7 Å². The maximum absolute atomic E-state index is 13.0. The Bertz CT molecular complexity index is 1170. The standard InChI is InChI=1S/C22H21O4S2/c1-15-8-10-21(12-17(15)3)27(23,24)19-6-5-7-20(14-19)28(25,26)22-11-9-16(2)18(4)13-22/h5-6,8-14H,1-4H3. The summed E-state index contributed by atoms with van der Waals surface area (Å²) in [6.07, 6.45) is 0. The van der Waals surface area contributed by atoms with Crippen LogP contribution >= 0.6 is 0 Å². The molecule has 0 spiro atoms. The van der Waals surface area contributed by atoms with Crippen LogP contribution in [0.15, 0.2) is 74.2 Å². The van der Waals surface area contributed by atoms with Gasteiger partial charge in [-0.05, 0) is 86.3 Å². The third-order valence-corrected chi connectivity index (χ3v) is 8.36. The second kappa shape index (κ2) is 7.18. The highest BCUT2D eigenvalue weighted by molar-refractivity contribution is 7.92. The van der Waals surface area contributed by atoms with E-state index in [4.69, 9.17) is 0 Å². The lowest BCUT2D eigenvalue weighted by atomic mass is 10.1. The molecule has 0 aliphatic heterocycles. The van der Waals surface area contributed by atoms with Crippen molar-refractivity contribution in [3.8, 4) is 0 Å². The van der Waals surface area contributed by atoms with Gasteiger partial charge in [0.15, 0.2) is 0 Å². The summed E-state index contributed by atoms with van der Waals surface area (Å²) in [5.74, 6) is 0. The quantitative estimate of drug-likeness (QED) is 0.636. The molecule has 0 saturated heterocycles. The molecule has 3 aromatic carbocycles. The van der Waals surface area contributed by atoms with E-state index in [2.05, 4.69) is 6.07 Å². The molecular formula is C22H21O4S2. The first-order valence-corrected chi connectivity index (χ1v) is 11.7. The molecule has 4 nitrogen and oxygen atoms in total. The molecule has 0 fully saturated rings. The lowest BCUT2D eigenvalue weighted by Gasteiger charge is -2.10. The van der Waals surface area contributed by atoms with Crippen LogP contribution < -0.4 is 0 Å². The monoisotopic (exact) mass is 413 g/mol. The van der Waals surface area contributed by atoms with Crippen molar-refractivity contribution in [3.63, 3.8) is 0 Å². The van der Waals surface area contributed by atoms with E-state index >= 15 is 0 Å². The van der Waals surface area contributed by atoms with Crippen LogP contribution in [0.3, 0.4) is 0 Å². The van der Waals surface area contributed by atoms with Gasteiger partial charge >= 0.3 is 0 Å². The lowest BCUT2D eigenvalue weighted by Crippen LogP contribution is -2.07. The predicted molar refractivity (Wildman–Crippen MR) is 108 cm³/mol. The van der Waals surface area contributed by atoms with Gasteiger partial charge in [-0.25, -0.2) is 16.8 Å². The fraction of sp³-hybridized carbons (Fsp3) is 0.182. The van der Waals surface area contributed by atoms with Gasteiger partial charge in [0.05, 0.1) is 19.6 Å². The van der Waals surface area contributed by atoms with Crippen LogP contribution in [0.2, 0.25) is 0 Å². The molecule has 0 unspecified atom stereocenters. The zero-order chi connectivity index (χ0) is 20.7. The Kier molecular flexibility index (Phi) is 5.21. The third kappa shape index (κ3) is 3.62. The predicted octanol–water partition coefficient (Wildman–Crippen LogP) is 4.39. The van der Waals surface area contributed by atoms with Crippen molar-refractivity contribution in [1.82, 2.24) is 0 Å². The van der Waals surface area contributed by atoms with Crippen LogP contribution in [0, 0.1) is 33.8 Å². The topological polar surface area (TPSA) is 68.3 Å². The molecule has 0 bridgehead atoms. The molecule has 6 heteroatoms. The Hall–Kier alpha value is -2.44. The first kappa shape index (κ1) is 20.3. The first-order valence-electron chi connectivity index (χ1n) is 8.70. The Morgan fingerprint density at radius 3 is 1.54 bits per heavy atom. The van der Waals surface area contributed by atoms with Gasteiger partial charge in [-0.3, -0.25) is 0 Å². The molecule has 0 amide bonds. The summed E-state index contributed by atoms with van der Waals surface area (Å²) >= 11 is 0. The summed E-state index contributed by atoms with van der Waals surface area (Å²) < 4.78 is 52.0. The van der Waals surface area contributed by atoms with Crippen LogP contribution in [0.4, 0.5) is 0 Å². The summed E-state index contributed by atoms with van der Waals surface area (Å²) in [6.45, 7) is 7.47. The van der Waals surface area contributed by atoms with Gasteiger partial charge in [0.1, 0.15) is 0 Å². The molecule has 0 atom stereocenters. The van der Waals surface area contributed by atoms with E-state index in [1.165, 1.54) is 30.3 Å². The smallest absolute Gasteiger partial charge is 0.207 e. The maximum Gasteiger partial charge on any atom is 0.207 e. The largest absolute Gasteiger partial charge is 0.219 e. The molecule has 0 N–H and O–H groups in total. The Balaban J connectivity index is 2.11.